The summed E-state index contributed by atoms with van der Waals surface area (Å²) in [6.45, 7) is 0. The number of aliphatic carboxylic acids is 1. The molecule has 1 aliphatic carbocycles. The van der Waals surface area contributed by atoms with Gasteiger partial charge in [0.15, 0.2) is 0 Å². The lowest BCUT2D eigenvalue weighted by Gasteiger charge is -2.22. The van der Waals surface area contributed by atoms with Gasteiger partial charge in [0, 0.05) is 19.7 Å². The van der Waals surface area contributed by atoms with E-state index in [-0.39, 0.29) is 0 Å². The number of fused-ring (bicyclic) bond motifs is 1. The molecule has 5 heteroatoms. The van der Waals surface area contributed by atoms with Crippen molar-refractivity contribution >= 4 is 5.97 Å². The highest BCUT2D eigenvalue weighted by Crippen LogP contribution is 2.39. The Morgan fingerprint density at radius 1 is 1.37 bits per heavy atom. The summed E-state index contributed by atoms with van der Waals surface area (Å²) in [6.07, 6.45) is 3.34. The van der Waals surface area contributed by atoms with Gasteiger partial charge in [-0.25, -0.2) is 0 Å². The van der Waals surface area contributed by atoms with Crippen molar-refractivity contribution in [2.24, 2.45) is 12.5 Å². The van der Waals surface area contributed by atoms with Gasteiger partial charge < -0.3 is 5.11 Å². The Labute approximate surface area is 110 Å². The first kappa shape index (κ1) is 11.9. The summed E-state index contributed by atoms with van der Waals surface area (Å²) >= 11 is 0. The van der Waals surface area contributed by atoms with E-state index >= 15 is 0 Å². The molecule has 0 radical (unpaired) electrons. The van der Waals surface area contributed by atoms with Crippen molar-refractivity contribution in [1.82, 2.24) is 15.0 Å². The molecule has 0 atom stereocenters. The van der Waals surface area contributed by atoms with Crippen molar-refractivity contribution in [1.29, 1.82) is 0 Å². The summed E-state index contributed by atoms with van der Waals surface area (Å²) < 4.78 is 1.60. The third-order valence-electron chi connectivity index (χ3n) is 3.80. The van der Waals surface area contributed by atoms with E-state index in [9.17, 15) is 9.90 Å². The van der Waals surface area contributed by atoms with Gasteiger partial charge in [0.2, 0.25) is 0 Å². The lowest BCUT2D eigenvalue weighted by atomic mass is 9.80. The van der Waals surface area contributed by atoms with Gasteiger partial charge in [-0.2, -0.15) is 0 Å². The summed E-state index contributed by atoms with van der Waals surface area (Å²) in [7, 11) is 1.79. The minimum atomic E-state index is -0.778. The molecule has 0 aliphatic heterocycles. The molecule has 0 saturated heterocycles. The molecule has 0 fully saturated rings. The number of hydrogen-bond acceptors (Lipinski definition) is 3. The summed E-state index contributed by atoms with van der Waals surface area (Å²) in [4.78, 5) is 11.7. The van der Waals surface area contributed by atoms with E-state index in [1.165, 1.54) is 0 Å². The molecule has 98 valence electrons. The van der Waals surface area contributed by atoms with E-state index in [1.54, 1.807) is 17.9 Å². The zero-order chi connectivity index (χ0) is 13.5. The first-order valence-corrected chi connectivity index (χ1v) is 6.24. The molecule has 1 heterocycles. The molecule has 0 bridgehead atoms. The van der Waals surface area contributed by atoms with E-state index in [0.717, 1.165) is 16.8 Å². The molecule has 1 aliphatic rings. The Hall–Kier alpha value is -2.17. The number of carbonyl (C=O) groups is 1. The molecule has 1 aromatic heterocycles. The average Bonchev–Trinajstić information content (AvgIpc) is 2.93. The lowest BCUT2D eigenvalue weighted by Crippen LogP contribution is -2.34. The fraction of sp³-hybridized carbons (Fsp3) is 0.357. The van der Waals surface area contributed by atoms with Crippen LogP contribution in [-0.2, 0) is 31.1 Å². The van der Waals surface area contributed by atoms with Gasteiger partial charge in [-0.15, -0.1) is 5.10 Å². The van der Waals surface area contributed by atoms with Crippen LogP contribution in [0.5, 0.6) is 0 Å². The van der Waals surface area contributed by atoms with E-state index < -0.39 is 11.4 Å². The van der Waals surface area contributed by atoms with E-state index in [0.29, 0.717) is 19.3 Å². The molecule has 0 saturated carbocycles. The molecule has 19 heavy (non-hydrogen) atoms. The number of carboxylic acid groups (broad SMARTS) is 1. The fourth-order valence-corrected chi connectivity index (χ4v) is 2.87. The van der Waals surface area contributed by atoms with Crippen LogP contribution in [0.4, 0.5) is 0 Å². The van der Waals surface area contributed by atoms with Gasteiger partial charge in [-0.1, -0.05) is 29.5 Å². The maximum atomic E-state index is 11.7. The van der Waals surface area contributed by atoms with Crippen LogP contribution >= 0.6 is 0 Å². The molecule has 3 rings (SSSR count). The summed E-state index contributed by atoms with van der Waals surface area (Å²) in [6, 6.07) is 7.94. The van der Waals surface area contributed by atoms with Crippen molar-refractivity contribution in [3.63, 3.8) is 0 Å². The number of nitrogens with zero attached hydrogens (tertiary/aromatic N) is 3. The molecule has 0 unspecified atom stereocenters. The lowest BCUT2D eigenvalue weighted by molar-refractivity contribution is -0.148. The number of aromatic nitrogens is 3. The van der Waals surface area contributed by atoms with Crippen molar-refractivity contribution in [2.75, 3.05) is 0 Å². The Morgan fingerprint density at radius 2 is 2.00 bits per heavy atom. The van der Waals surface area contributed by atoms with Gasteiger partial charge in [-0.3, -0.25) is 9.48 Å². The van der Waals surface area contributed by atoms with Crippen molar-refractivity contribution in [2.45, 2.75) is 19.3 Å². The molecule has 2 aromatic rings. The van der Waals surface area contributed by atoms with E-state index in [2.05, 4.69) is 10.3 Å². The van der Waals surface area contributed by atoms with Gasteiger partial charge in [0.05, 0.1) is 11.1 Å². The normalized spacial score (nSPS) is 16.3. The molecule has 5 nitrogen and oxygen atoms in total. The number of hydrogen-bond donors (Lipinski definition) is 1. The van der Waals surface area contributed by atoms with Gasteiger partial charge in [0.25, 0.3) is 0 Å². The molecule has 0 spiro atoms. The van der Waals surface area contributed by atoms with Gasteiger partial charge >= 0.3 is 5.97 Å². The van der Waals surface area contributed by atoms with Crippen LogP contribution in [0.2, 0.25) is 0 Å². The predicted molar refractivity (Wildman–Crippen MR) is 68.6 cm³/mol. The second-order valence-electron chi connectivity index (χ2n) is 5.27. The Morgan fingerprint density at radius 3 is 2.47 bits per heavy atom. The zero-order valence-corrected chi connectivity index (χ0v) is 10.7. The van der Waals surface area contributed by atoms with Crippen LogP contribution in [-0.4, -0.2) is 26.1 Å². The first-order chi connectivity index (χ1) is 9.09. The second kappa shape index (κ2) is 4.19. The third kappa shape index (κ3) is 2.01. The summed E-state index contributed by atoms with van der Waals surface area (Å²) in [5, 5.41) is 17.5. The van der Waals surface area contributed by atoms with Crippen molar-refractivity contribution in [3.05, 3.63) is 47.3 Å². The minimum Gasteiger partial charge on any atom is -0.481 e. The second-order valence-corrected chi connectivity index (χ2v) is 5.27. The van der Waals surface area contributed by atoms with E-state index in [1.807, 2.05) is 24.3 Å². The molecular weight excluding hydrogens is 242 g/mol. The number of benzene rings is 1. The quantitative estimate of drug-likeness (QED) is 0.898. The van der Waals surface area contributed by atoms with Gasteiger partial charge in [-0.05, 0) is 24.0 Å². The third-order valence-corrected chi connectivity index (χ3v) is 3.80. The summed E-state index contributed by atoms with van der Waals surface area (Å²) in [5.74, 6) is -0.755. The number of carboxylic acids is 1. The molecule has 0 amide bonds. The van der Waals surface area contributed by atoms with Crippen LogP contribution in [0.15, 0.2) is 30.5 Å². The topological polar surface area (TPSA) is 68.0 Å². The largest absolute Gasteiger partial charge is 0.481 e. The van der Waals surface area contributed by atoms with Crippen molar-refractivity contribution < 1.29 is 9.90 Å². The first-order valence-electron chi connectivity index (χ1n) is 6.24. The highest BCUT2D eigenvalue weighted by atomic mass is 16.4. The predicted octanol–water partition coefficient (Wildman–Crippen LogP) is 1.23. The van der Waals surface area contributed by atoms with Gasteiger partial charge in [0.1, 0.15) is 0 Å². The monoisotopic (exact) mass is 257 g/mol. The van der Waals surface area contributed by atoms with Crippen LogP contribution < -0.4 is 0 Å². The Kier molecular flexibility index (Phi) is 2.62. The van der Waals surface area contributed by atoms with Crippen LogP contribution in [0, 0.1) is 5.41 Å². The highest BCUT2D eigenvalue weighted by molar-refractivity contribution is 5.77. The Bertz CT molecular complexity index is 608. The minimum absolute atomic E-state index is 0.421. The highest BCUT2D eigenvalue weighted by Gasteiger charge is 2.44. The van der Waals surface area contributed by atoms with Crippen molar-refractivity contribution in [3.8, 4) is 0 Å². The Balaban J connectivity index is 1.93. The maximum absolute atomic E-state index is 11.7. The molecular formula is C14H15N3O2. The van der Waals surface area contributed by atoms with Crippen LogP contribution in [0.1, 0.15) is 16.8 Å². The number of aryl methyl sites for hydroxylation is 1. The maximum Gasteiger partial charge on any atom is 0.310 e. The average molecular weight is 257 g/mol. The zero-order valence-electron chi connectivity index (χ0n) is 10.7. The summed E-state index contributed by atoms with van der Waals surface area (Å²) in [5.41, 5.74) is 2.22. The van der Waals surface area contributed by atoms with Crippen LogP contribution in [0.3, 0.4) is 0 Å². The standard InChI is InChI=1S/C14H15N3O2/c1-17-9-12(15-16-17)8-14(13(18)19)6-10-4-2-3-5-11(10)7-14/h2-5,9H,6-8H2,1H3,(H,18,19). The van der Waals surface area contributed by atoms with Crippen LogP contribution in [0.25, 0.3) is 0 Å². The number of rotatable bonds is 3. The fourth-order valence-electron chi connectivity index (χ4n) is 2.87. The van der Waals surface area contributed by atoms with E-state index in [4.69, 9.17) is 0 Å². The SMILES string of the molecule is Cn1cc(CC2(C(=O)O)Cc3ccccc3C2)nn1. The molecule has 1 aromatic carbocycles. The smallest absolute Gasteiger partial charge is 0.310 e. The molecule has 1 N–H and O–H groups in total.